The largest absolute Gasteiger partial charge is 0.353 e. The van der Waals surface area contributed by atoms with Gasteiger partial charge in [-0.15, -0.1) is 0 Å². The molecule has 0 atom stereocenters. The Morgan fingerprint density at radius 1 is 0.889 bits per heavy atom. The highest BCUT2D eigenvalue weighted by Gasteiger charge is 2.24. The van der Waals surface area contributed by atoms with E-state index < -0.39 is 0 Å². The van der Waals surface area contributed by atoms with Crippen LogP contribution in [0.3, 0.4) is 0 Å². The van der Waals surface area contributed by atoms with Crippen molar-refractivity contribution in [1.82, 2.24) is 5.32 Å². The van der Waals surface area contributed by atoms with Gasteiger partial charge < -0.3 is 5.32 Å². The molecule has 2 fully saturated rings. The molecule has 3 nitrogen and oxygen atoms in total. The third-order valence-corrected chi connectivity index (χ3v) is 4.37. The van der Waals surface area contributed by atoms with Gasteiger partial charge in [-0.1, -0.05) is 32.1 Å². The predicted molar refractivity (Wildman–Crippen MR) is 71.2 cm³/mol. The van der Waals surface area contributed by atoms with Crippen LogP contribution < -0.4 is 5.32 Å². The van der Waals surface area contributed by atoms with Crippen molar-refractivity contribution in [2.45, 2.75) is 76.7 Å². The van der Waals surface area contributed by atoms with E-state index in [2.05, 4.69) is 5.32 Å². The number of Topliss-reactive ketones (excluding diaryl/α,β-unsaturated/α-hetero) is 1. The first-order valence-corrected chi connectivity index (χ1v) is 7.58. The quantitative estimate of drug-likeness (QED) is 0.820. The highest BCUT2D eigenvalue weighted by molar-refractivity contribution is 5.81. The van der Waals surface area contributed by atoms with Crippen LogP contribution in [0.4, 0.5) is 0 Å². The molecule has 0 spiro atoms. The number of amides is 1. The molecule has 102 valence electrons. The number of hydrogen-bond donors (Lipinski definition) is 1. The minimum Gasteiger partial charge on any atom is -0.353 e. The Hall–Kier alpha value is -0.860. The summed E-state index contributed by atoms with van der Waals surface area (Å²) in [5.41, 5.74) is 0. The molecular weight excluding hydrogens is 226 g/mol. The monoisotopic (exact) mass is 251 g/mol. The fraction of sp³-hybridized carbons (Fsp3) is 0.867. The summed E-state index contributed by atoms with van der Waals surface area (Å²) in [5.74, 6) is 0.825. The van der Waals surface area contributed by atoms with E-state index >= 15 is 0 Å². The molecule has 0 aliphatic heterocycles. The van der Waals surface area contributed by atoms with Gasteiger partial charge in [-0.2, -0.15) is 0 Å². The van der Waals surface area contributed by atoms with Crippen LogP contribution in [0.2, 0.25) is 0 Å². The molecule has 0 bridgehead atoms. The maximum absolute atomic E-state index is 12.2. The molecule has 0 aromatic rings. The Balaban J connectivity index is 1.77. The van der Waals surface area contributed by atoms with Crippen LogP contribution >= 0.6 is 0 Å². The van der Waals surface area contributed by atoms with E-state index in [0.29, 0.717) is 18.6 Å². The normalized spacial score (nSPS) is 24.3. The Bertz CT molecular complexity index is 283. The number of rotatable bonds is 2. The van der Waals surface area contributed by atoms with Gasteiger partial charge in [-0.05, 0) is 25.7 Å². The van der Waals surface area contributed by atoms with Crippen molar-refractivity contribution in [2.75, 3.05) is 0 Å². The van der Waals surface area contributed by atoms with Gasteiger partial charge in [0.2, 0.25) is 5.91 Å². The lowest BCUT2D eigenvalue weighted by atomic mass is 9.89. The molecule has 2 aliphatic rings. The fourth-order valence-electron chi connectivity index (χ4n) is 3.12. The minimum atomic E-state index is 0.225. The molecule has 0 unspecified atom stereocenters. The van der Waals surface area contributed by atoms with Crippen LogP contribution in [-0.2, 0) is 9.59 Å². The molecule has 1 amide bonds. The fourth-order valence-corrected chi connectivity index (χ4v) is 3.12. The van der Waals surface area contributed by atoms with Crippen molar-refractivity contribution in [3.63, 3.8) is 0 Å². The van der Waals surface area contributed by atoms with Gasteiger partial charge in [-0.25, -0.2) is 0 Å². The Labute approximate surface area is 110 Å². The van der Waals surface area contributed by atoms with Crippen molar-refractivity contribution in [3.8, 4) is 0 Å². The zero-order chi connectivity index (χ0) is 12.8. The average molecular weight is 251 g/mol. The van der Waals surface area contributed by atoms with Crippen LogP contribution in [0.5, 0.6) is 0 Å². The maximum atomic E-state index is 12.2. The van der Waals surface area contributed by atoms with E-state index in [1.807, 2.05) is 0 Å². The lowest BCUT2D eigenvalue weighted by molar-refractivity contribution is -0.128. The summed E-state index contributed by atoms with van der Waals surface area (Å²) in [7, 11) is 0. The summed E-state index contributed by atoms with van der Waals surface area (Å²) in [6.07, 6.45) is 11.4. The summed E-state index contributed by atoms with van der Waals surface area (Å²) in [6, 6.07) is 0.251. The maximum Gasteiger partial charge on any atom is 0.223 e. The number of carbonyl (C=O) groups excluding carboxylic acids is 2. The summed E-state index contributed by atoms with van der Waals surface area (Å²) in [4.78, 5) is 23.4. The van der Waals surface area contributed by atoms with Crippen molar-refractivity contribution in [3.05, 3.63) is 0 Å². The molecule has 0 heterocycles. The van der Waals surface area contributed by atoms with E-state index in [1.54, 1.807) is 0 Å². The molecule has 0 aromatic heterocycles. The van der Waals surface area contributed by atoms with Crippen molar-refractivity contribution >= 4 is 11.7 Å². The van der Waals surface area contributed by atoms with Crippen LogP contribution in [0, 0.1) is 5.92 Å². The average Bonchev–Trinajstić information content (AvgIpc) is 2.31. The van der Waals surface area contributed by atoms with E-state index in [-0.39, 0.29) is 17.9 Å². The highest BCUT2D eigenvalue weighted by atomic mass is 16.2. The highest BCUT2D eigenvalue weighted by Crippen LogP contribution is 2.23. The van der Waals surface area contributed by atoms with Gasteiger partial charge in [0.25, 0.3) is 0 Å². The second-order valence-electron chi connectivity index (χ2n) is 5.86. The number of nitrogens with one attached hydrogen (secondary N) is 1. The van der Waals surface area contributed by atoms with E-state index in [1.165, 1.54) is 32.1 Å². The molecule has 3 heteroatoms. The van der Waals surface area contributed by atoms with Gasteiger partial charge in [0.05, 0.1) is 0 Å². The first kappa shape index (κ1) is 13.6. The lowest BCUT2D eigenvalue weighted by Gasteiger charge is -2.26. The van der Waals surface area contributed by atoms with Crippen LogP contribution in [-0.4, -0.2) is 17.7 Å². The summed E-state index contributed by atoms with van der Waals surface area (Å²) >= 11 is 0. The van der Waals surface area contributed by atoms with Crippen LogP contribution in [0.15, 0.2) is 0 Å². The number of carbonyl (C=O) groups is 2. The summed E-state index contributed by atoms with van der Waals surface area (Å²) in [6.45, 7) is 0. The molecule has 0 aromatic carbocycles. The summed E-state index contributed by atoms with van der Waals surface area (Å²) in [5, 5.41) is 3.17. The van der Waals surface area contributed by atoms with E-state index in [4.69, 9.17) is 0 Å². The Kier molecular flexibility index (Phi) is 5.21. The van der Waals surface area contributed by atoms with Crippen molar-refractivity contribution in [1.29, 1.82) is 0 Å². The second-order valence-corrected chi connectivity index (χ2v) is 5.86. The minimum absolute atomic E-state index is 0.225. The van der Waals surface area contributed by atoms with Gasteiger partial charge >= 0.3 is 0 Å². The summed E-state index contributed by atoms with van der Waals surface area (Å²) < 4.78 is 0. The Morgan fingerprint density at radius 2 is 1.44 bits per heavy atom. The topological polar surface area (TPSA) is 46.2 Å². The molecule has 2 rings (SSSR count). The molecular formula is C15H25NO2. The number of ketones is 1. The second kappa shape index (κ2) is 6.91. The van der Waals surface area contributed by atoms with E-state index in [0.717, 1.165) is 25.7 Å². The molecule has 2 saturated carbocycles. The van der Waals surface area contributed by atoms with E-state index in [9.17, 15) is 9.59 Å². The van der Waals surface area contributed by atoms with Crippen molar-refractivity contribution < 1.29 is 9.59 Å². The zero-order valence-corrected chi connectivity index (χ0v) is 11.2. The zero-order valence-electron chi connectivity index (χ0n) is 11.2. The smallest absolute Gasteiger partial charge is 0.223 e. The third-order valence-electron chi connectivity index (χ3n) is 4.37. The van der Waals surface area contributed by atoms with Crippen molar-refractivity contribution in [2.24, 2.45) is 5.92 Å². The van der Waals surface area contributed by atoms with Gasteiger partial charge in [-0.3, -0.25) is 9.59 Å². The Morgan fingerprint density at radius 3 is 2.06 bits per heavy atom. The first-order valence-electron chi connectivity index (χ1n) is 7.58. The molecule has 1 N–H and O–H groups in total. The lowest BCUT2D eigenvalue weighted by Crippen LogP contribution is -2.41. The molecule has 18 heavy (non-hydrogen) atoms. The standard InChI is InChI=1S/C15H25NO2/c17-14-10-8-13(9-11-14)16-15(18)12-6-4-2-1-3-5-7-12/h12-13H,1-11H2,(H,16,18). The third kappa shape index (κ3) is 4.11. The number of hydrogen-bond acceptors (Lipinski definition) is 2. The van der Waals surface area contributed by atoms with Gasteiger partial charge in [0.15, 0.2) is 0 Å². The molecule has 0 saturated heterocycles. The molecule has 2 aliphatic carbocycles. The predicted octanol–water partition coefficient (Wildman–Crippen LogP) is 2.97. The first-order chi connectivity index (χ1) is 8.75. The van der Waals surface area contributed by atoms with Gasteiger partial charge in [0.1, 0.15) is 5.78 Å². The van der Waals surface area contributed by atoms with Crippen LogP contribution in [0.1, 0.15) is 70.6 Å². The van der Waals surface area contributed by atoms with Gasteiger partial charge in [0, 0.05) is 24.8 Å². The molecule has 0 radical (unpaired) electrons. The SMILES string of the molecule is O=C1CCC(NC(=O)C2CCCCCCC2)CC1. The van der Waals surface area contributed by atoms with Crippen LogP contribution in [0.25, 0.3) is 0 Å².